The maximum absolute atomic E-state index is 12.4. The highest BCUT2D eigenvalue weighted by molar-refractivity contribution is 5.86. The number of nitrogens with two attached hydrogens (primary N) is 1. The zero-order valence-corrected chi connectivity index (χ0v) is 11.6. The van der Waals surface area contributed by atoms with Gasteiger partial charge in [0, 0.05) is 26.8 Å². The average Bonchev–Trinajstić information content (AvgIpc) is 2.48. The molecule has 1 aromatic rings. The number of hydrogen-bond donors (Lipinski definition) is 1. The molecule has 106 valence electrons. The average molecular weight is 273 g/mol. The molecule has 5 heteroatoms. The summed E-state index contributed by atoms with van der Waals surface area (Å²) in [7, 11) is 1.75. The van der Waals surface area contributed by atoms with Crippen molar-refractivity contribution in [1.29, 1.82) is 5.26 Å². The van der Waals surface area contributed by atoms with Crippen molar-refractivity contribution in [3.05, 3.63) is 35.4 Å². The Labute approximate surface area is 118 Å². The van der Waals surface area contributed by atoms with Crippen molar-refractivity contribution >= 4 is 5.91 Å². The van der Waals surface area contributed by atoms with E-state index in [2.05, 4.69) is 6.07 Å². The Balaban J connectivity index is 2.01. The SMILES string of the molecule is CN(Cc1ccc(C#N)cc1)C(=O)C1(N)CCOCC1. The van der Waals surface area contributed by atoms with Crippen LogP contribution in [0.1, 0.15) is 24.0 Å². The standard InChI is InChI=1S/C15H19N3O2/c1-18(11-13-4-2-12(10-16)3-5-13)14(19)15(17)6-8-20-9-7-15/h2-5H,6-9,11,17H2,1H3. The fraction of sp³-hybridized carbons (Fsp3) is 0.467. The van der Waals surface area contributed by atoms with Crippen molar-refractivity contribution in [2.45, 2.75) is 24.9 Å². The highest BCUT2D eigenvalue weighted by atomic mass is 16.5. The smallest absolute Gasteiger partial charge is 0.242 e. The Morgan fingerprint density at radius 1 is 1.40 bits per heavy atom. The second-order valence-corrected chi connectivity index (χ2v) is 5.24. The normalized spacial score (nSPS) is 17.2. The molecule has 1 amide bonds. The van der Waals surface area contributed by atoms with Gasteiger partial charge in [0.1, 0.15) is 0 Å². The summed E-state index contributed by atoms with van der Waals surface area (Å²) >= 11 is 0. The minimum Gasteiger partial charge on any atom is -0.381 e. The second kappa shape index (κ2) is 6.04. The van der Waals surface area contributed by atoms with E-state index >= 15 is 0 Å². The van der Waals surface area contributed by atoms with Gasteiger partial charge < -0.3 is 15.4 Å². The molecular formula is C15H19N3O2. The summed E-state index contributed by atoms with van der Waals surface area (Å²) in [5, 5.41) is 8.76. The molecule has 1 saturated heterocycles. The van der Waals surface area contributed by atoms with Crippen LogP contribution >= 0.6 is 0 Å². The highest BCUT2D eigenvalue weighted by Crippen LogP contribution is 2.21. The molecule has 0 aliphatic carbocycles. The zero-order chi connectivity index (χ0) is 14.6. The van der Waals surface area contributed by atoms with Crippen LogP contribution in [0.3, 0.4) is 0 Å². The van der Waals surface area contributed by atoms with Gasteiger partial charge in [0.2, 0.25) is 5.91 Å². The van der Waals surface area contributed by atoms with Crippen LogP contribution in [0.4, 0.5) is 0 Å². The lowest BCUT2D eigenvalue weighted by Gasteiger charge is -2.35. The fourth-order valence-corrected chi connectivity index (χ4v) is 2.36. The van der Waals surface area contributed by atoms with Crippen LogP contribution in [0, 0.1) is 11.3 Å². The molecule has 1 aromatic carbocycles. The third-order valence-corrected chi connectivity index (χ3v) is 3.66. The minimum atomic E-state index is -0.806. The van der Waals surface area contributed by atoms with Crippen molar-refractivity contribution < 1.29 is 9.53 Å². The molecule has 5 nitrogen and oxygen atoms in total. The molecule has 0 aromatic heterocycles. The molecule has 0 saturated carbocycles. The fourth-order valence-electron chi connectivity index (χ4n) is 2.36. The third kappa shape index (κ3) is 3.16. The Morgan fingerprint density at radius 2 is 2.00 bits per heavy atom. The molecule has 2 rings (SSSR count). The molecule has 0 unspecified atom stereocenters. The number of amides is 1. The molecule has 1 fully saturated rings. The number of carbonyl (C=O) groups is 1. The van der Waals surface area contributed by atoms with Gasteiger partial charge in [0.15, 0.2) is 0 Å². The van der Waals surface area contributed by atoms with Crippen molar-refractivity contribution in [2.75, 3.05) is 20.3 Å². The summed E-state index contributed by atoms with van der Waals surface area (Å²) in [5.74, 6) is -0.0508. The van der Waals surface area contributed by atoms with E-state index in [1.54, 1.807) is 24.1 Å². The lowest BCUT2D eigenvalue weighted by molar-refractivity contribution is -0.139. The number of benzene rings is 1. The molecule has 2 N–H and O–H groups in total. The van der Waals surface area contributed by atoms with Gasteiger partial charge in [-0.2, -0.15) is 5.26 Å². The van der Waals surface area contributed by atoms with E-state index < -0.39 is 5.54 Å². The largest absolute Gasteiger partial charge is 0.381 e. The molecule has 20 heavy (non-hydrogen) atoms. The van der Waals surface area contributed by atoms with Crippen molar-refractivity contribution in [1.82, 2.24) is 4.90 Å². The van der Waals surface area contributed by atoms with Crippen LogP contribution in [0.2, 0.25) is 0 Å². The molecular weight excluding hydrogens is 254 g/mol. The summed E-state index contributed by atoms with van der Waals surface area (Å²) in [6.45, 7) is 1.56. The van der Waals surface area contributed by atoms with Gasteiger partial charge in [-0.15, -0.1) is 0 Å². The summed E-state index contributed by atoms with van der Waals surface area (Å²) in [6.07, 6.45) is 1.12. The predicted octanol–water partition coefficient (Wildman–Crippen LogP) is 1.02. The maximum atomic E-state index is 12.4. The first kappa shape index (κ1) is 14.5. The van der Waals surface area contributed by atoms with Crippen LogP contribution in [0.25, 0.3) is 0 Å². The lowest BCUT2D eigenvalue weighted by atomic mass is 9.89. The van der Waals surface area contributed by atoms with E-state index in [1.165, 1.54) is 0 Å². The predicted molar refractivity (Wildman–Crippen MR) is 74.6 cm³/mol. The molecule has 1 heterocycles. The van der Waals surface area contributed by atoms with Gasteiger partial charge in [-0.05, 0) is 30.5 Å². The first-order valence-electron chi connectivity index (χ1n) is 6.66. The molecule has 1 aliphatic rings. The maximum Gasteiger partial charge on any atom is 0.242 e. The number of rotatable bonds is 3. The van der Waals surface area contributed by atoms with Gasteiger partial charge in [-0.3, -0.25) is 4.79 Å². The van der Waals surface area contributed by atoms with Crippen LogP contribution in [0.5, 0.6) is 0 Å². The Bertz CT molecular complexity index is 513. The zero-order valence-electron chi connectivity index (χ0n) is 11.6. The summed E-state index contributed by atoms with van der Waals surface area (Å²) in [4.78, 5) is 14.1. The van der Waals surface area contributed by atoms with E-state index in [-0.39, 0.29) is 5.91 Å². The Hall–Kier alpha value is -1.90. The van der Waals surface area contributed by atoms with E-state index in [1.807, 2.05) is 12.1 Å². The quantitative estimate of drug-likeness (QED) is 0.892. The molecule has 0 radical (unpaired) electrons. The second-order valence-electron chi connectivity index (χ2n) is 5.24. The third-order valence-electron chi connectivity index (χ3n) is 3.66. The number of carbonyl (C=O) groups excluding carboxylic acids is 1. The van der Waals surface area contributed by atoms with Crippen LogP contribution < -0.4 is 5.73 Å². The first-order chi connectivity index (χ1) is 9.55. The van der Waals surface area contributed by atoms with E-state index in [4.69, 9.17) is 15.7 Å². The molecule has 0 spiro atoms. The number of likely N-dealkylation sites (N-methyl/N-ethyl adjacent to an activating group) is 1. The summed E-state index contributed by atoms with van der Waals surface area (Å²) in [6, 6.07) is 9.29. The number of hydrogen-bond acceptors (Lipinski definition) is 4. The molecule has 1 aliphatic heterocycles. The Kier molecular flexibility index (Phi) is 4.38. The van der Waals surface area contributed by atoms with Gasteiger partial charge in [0.05, 0.1) is 17.2 Å². The molecule has 0 bridgehead atoms. The number of nitriles is 1. The van der Waals surface area contributed by atoms with Gasteiger partial charge in [-0.1, -0.05) is 12.1 Å². The van der Waals surface area contributed by atoms with Crippen molar-refractivity contribution in [3.63, 3.8) is 0 Å². The Morgan fingerprint density at radius 3 is 2.55 bits per heavy atom. The summed E-state index contributed by atoms with van der Waals surface area (Å²) in [5.41, 5.74) is 6.98. The van der Waals surface area contributed by atoms with Crippen LogP contribution in [-0.4, -0.2) is 36.6 Å². The van der Waals surface area contributed by atoms with Gasteiger partial charge >= 0.3 is 0 Å². The van der Waals surface area contributed by atoms with Crippen LogP contribution in [0.15, 0.2) is 24.3 Å². The first-order valence-corrected chi connectivity index (χ1v) is 6.66. The van der Waals surface area contributed by atoms with Gasteiger partial charge in [-0.25, -0.2) is 0 Å². The topological polar surface area (TPSA) is 79.4 Å². The van der Waals surface area contributed by atoms with E-state index in [9.17, 15) is 4.79 Å². The van der Waals surface area contributed by atoms with Crippen molar-refractivity contribution in [3.8, 4) is 6.07 Å². The minimum absolute atomic E-state index is 0.0508. The van der Waals surface area contributed by atoms with Crippen molar-refractivity contribution in [2.24, 2.45) is 5.73 Å². The van der Waals surface area contributed by atoms with Gasteiger partial charge in [0.25, 0.3) is 0 Å². The van der Waals surface area contributed by atoms with E-state index in [0.717, 1.165) is 5.56 Å². The summed E-state index contributed by atoms with van der Waals surface area (Å²) < 4.78 is 5.26. The van der Waals surface area contributed by atoms with E-state index in [0.29, 0.717) is 38.2 Å². The molecule has 0 atom stereocenters. The number of ether oxygens (including phenoxy) is 1. The number of nitrogens with zero attached hydrogens (tertiary/aromatic N) is 2. The lowest BCUT2D eigenvalue weighted by Crippen LogP contribution is -2.57. The monoisotopic (exact) mass is 273 g/mol. The van der Waals surface area contributed by atoms with Crippen LogP contribution in [-0.2, 0) is 16.1 Å². The highest BCUT2D eigenvalue weighted by Gasteiger charge is 2.37.